The average molecular weight is 501 g/mol. The van der Waals surface area contributed by atoms with E-state index in [0.717, 1.165) is 22.6 Å². The van der Waals surface area contributed by atoms with Crippen molar-refractivity contribution >= 4 is 31.5 Å². The standard InChI is InChI=1S/C24H28N4O4S2/c1-17-7-11-19(12-8-17)33(29,30)27-25-23-15-16-24(22-6-4-3-5-21(22)23)26-28-34(31,32)20-13-9-18(2)10-14-20/h3-4,7-14,21-22,27-28H,5-6,15-16H2,1-2H3/b25-23+,26-24+/t21-,22+. The SMILES string of the molecule is Cc1ccc(S(=O)(=O)N/N=C2\CC/C(=N\NS(=O)(=O)c3ccc(C)cc3)[C@@H]3CC=CC[C@H]23)cc1. The van der Waals surface area contributed by atoms with E-state index in [1.54, 1.807) is 48.5 Å². The Bertz CT molecular complexity index is 1240. The second kappa shape index (κ2) is 9.71. The summed E-state index contributed by atoms with van der Waals surface area (Å²) in [5, 5.41) is 8.58. The van der Waals surface area contributed by atoms with Gasteiger partial charge in [-0.1, -0.05) is 47.5 Å². The third kappa shape index (κ3) is 5.39. The van der Waals surface area contributed by atoms with Gasteiger partial charge in [-0.2, -0.15) is 27.0 Å². The molecule has 10 heteroatoms. The van der Waals surface area contributed by atoms with Crippen LogP contribution >= 0.6 is 0 Å². The maximum absolute atomic E-state index is 12.6. The number of nitrogens with one attached hydrogen (secondary N) is 2. The van der Waals surface area contributed by atoms with Crippen LogP contribution in [0.15, 0.2) is 80.7 Å². The first-order chi connectivity index (χ1) is 16.2. The summed E-state index contributed by atoms with van der Waals surface area (Å²) < 4.78 is 50.6. The van der Waals surface area contributed by atoms with Gasteiger partial charge in [-0.25, -0.2) is 9.66 Å². The molecule has 0 amide bonds. The Morgan fingerprint density at radius 3 is 1.35 bits per heavy atom. The van der Waals surface area contributed by atoms with Gasteiger partial charge >= 0.3 is 0 Å². The average Bonchev–Trinajstić information content (AvgIpc) is 2.82. The molecule has 2 aliphatic rings. The van der Waals surface area contributed by atoms with Crippen molar-refractivity contribution in [2.24, 2.45) is 22.0 Å². The number of hydrazone groups is 2. The summed E-state index contributed by atoms with van der Waals surface area (Å²) in [6, 6.07) is 13.2. The number of hydrogen-bond acceptors (Lipinski definition) is 6. The lowest BCUT2D eigenvalue weighted by atomic mass is 9.71. The van der Waals surface area contributed by atoms with Crippen molar-refractivity contribution in [3.8, 4) is 0 Å². The quantitative estimate of drug-likeness (QED) is 0.465. The van der Waals surface area contributed by atoms with Gasteiger partial charge in [-0.05, 0) is 63.8 Å². The van der Waals surface area contributed by atoms with E-state index >= 15 is 0 Å². The molecule has 4 rings (SSSR count). The molecular weight excluding hydrogens is 472 g/mol. The summed E-state index contributed by atoms with van der Waals surface area (Å²) in [7, 11) is -7.54. The maximum atomic E-state index is 12.6. The van der Waals surface area contributed by atoms with Crippen LogP contribution in [0.3, 0.4) is 0 Å². The van der Waals surface area contributed by atoms with E-state index < -0.39 is 20.0 Å². The molecule has 2 aromatic rings. The monoisotopic (exact) mass is 500 g/mol. The molecule has 0 bridgehead atoms. The molecule has 1 fully saturated rings. The topological polar surface area (TPSA) is 117 Å². The molecule has 0 radical (unpaired) electrons. The molecule has 180 valence electrons. The second-order valence-electron chi connectivity index (χ2n) is 8.68. The summed E-state index contributed by atoms with van der Waals surface area (Å²) in [4.78, 5) is 5.08. The molecule has 0 aliphatic heterocycles. The number of allylic oxidation sites excluding steroid dienone is 2. The summed E-state index contributed by atoms with van der Waals surface area (Å²) in [6.07, 6.45) is 6.47. The number of hydrogen-bond donors (Lipinski definition) is 2. The van der Waals surface area contributed by atoms with E-state index in [9.17, 15) is 16.8 Å². The van der Waals surface area contributed by atoms with Gasteiger partial charge in [0.25, 0.3) is 20.0 Å². The lowest BCUT2D eigenvalue weighted by Crippen LogP contribution is -2.39. The van der Waals surface area contributed by atoms with Crippen LogP contribution in [0.2, 0.25) is 0 Å². The van der Waals surface area contributed by atoms with Gasteiger partial charge in [0.15, 0.2) is 0 Å². The van der Waals surface area contributed by atoms with E-state index in [0.29, 0.717) is 25.7 Å². The van der Waals surface area contributed by atoms with E-state index in [4.69, 9.17) is 0 Å². The first kappa shape index (κ1) is 24.2. The van der Waals surface area contributed by atoms with Gasteiger partial charge in [0, 0.05) is 23.3 Å². The summed E-state index contributed by atoms with van der Waals surface area (Å²) in [5.74, 6) is -0.0795. The third-order valence-corrected chi connectivity index (χ3v) is 8.66. The second-order valence-corrected chi connectivity index (χ2v) is 12.0. The Hall–Kier alpha value is -2.98. The van der Waals surface area contributed by atoms with Crippen LogP contribution in [0.5, 0.6) is 0 Å². The van der Waals surface area contributed by atoms with Gasteiger partial charge in [-0.15, -0.1) is 0 Å². The van der Waals surface area contributed by atoms with E-state index in [-0.39, 0.29) is 21.6 Å². The van der Waals surface area contributed by atoms with Gasteiger partial charge in [0.2, 0.25) is 0 Å². The fraction of sp³-hybridized carbons (Fsp3) is 0.333. The van der Waals surface area contributed by atoms with Crippen molar-refractivity contribution in [1.82, 2.24) is 9.66 Å². The van der Waals surface area contributed by atoms with Crippen LogP contribution in [0, 0.1) is 25.7 Å². The molecule has 0 unspecified atom stereocenters. The Morgan fingerprint density at radius 2 is 1.00 bits per heavy atom. The number of rotatable bonds is 6. The third-order valence-electron chi connectivity index (χ3n) is 6.21. The summed E-state index contributed by atoms with van der Waals surface area (Å²) >= 11 is 0. The highest BCUT2D eigenvalue weighted by atomic mass is 32.2. The van der Waals surface area contributed by atoms with Gasteiger partial charge in [0.1, 0.15) is 0 Å². The molecule has 0 heterocycles. The van der Waals surface area contributed by atoms with E-state index in [2.05, 4.69) is 19.9 Å². The highest BCUT2D eigenvalue weighted by Gasteiger charge is 2.35. The van der Waals surface area contributed by atoms with Crippen LogP contribution in [0.4, 0.5) is 0 Å². The summed E-state index contributed by atoms with van der Waals surface area (Å²) in [6.45, 7) is 3.78. The van der Waals surface area contributed by atoms with Gasteiger partial charge in [-0.3, -0.25) is 0 Å². The van der Waals surface area contributed by atoms with Crippen molar-refractivity contribution in [1.29, 1.82) is 0 Å². The maximum Gasteiger partial charge on any atom is 0.276 e. The Morgan fingerprint density at radius 1 is 0.647 bits per heavy atom. The Labute approximate surface area is 201 Å². The number of fused-ring (bicyclic) bond motifs is 1. The Kier molecular flexibility index (Phi) is 6.90. The number of aryl methyl sites for hydroxylation is 2. The minimum atomic E-state index is -3.77. The molecule has 2 atom stereocenters. The van der Waals surface area contributed by atoms with Gasteiger partial charge in [0.05, 0.1) is 9.79 Å². The number of sulfonamides is 2. The van der Waals surface area contributed by atoms with Crippen molar-refractivity contribution in [2.75, 3.05) is 0 Å². The molecule has 0 aromatic heterocycles. The molecule has 2 aliphatic carbocycles. The van der Waals surface area contributed by atoms with E-state index in [1.165, 1.54) is 0 Å². The molecular formula is C24H28N4O4S2. The lowest BCUT2D eigenvalue weighted by molar-refractivity contribution is 0.485. The van der Waals surface area contributed by atoms with Crippen molar-refractivity contribution < 1.29 is 16.8 Å². The van der Waals surface area contributed by atoms with Gasteiger partial charge < -0.3 is 0 Å². The predicted octanol–water partition coefficient (Wildman–Crippen LogP) is 3.65. The van der Waals surface area contributed by atoms with Crippen LogP contribution in [-0.4, -0.2) is 28.3 Å². The van der Waals surface area contributed by atoms with E-state index in [1.807, 2.05) is 26.0 Å². The molecule has 34 heavy (non-hydrogen) atoms. The zero-order valence-electron chi connectivity index (χ0n) is 19.1. The smallest absolute Gasteiger partial charge is 0.200 e. The van der Waals surface area contributed by atoms with Crippen LogP contribution in [-0.2, 0) is 20.0 Å². The fourth-order valence-electron chi connectivity index (χ4n) is 4.23. The molecule has 0 saturated heterocycles. The molecule has 2 N–H and O–H groups in total. The number of benzene rings is 2. The van der Waals surface area contributed by atoms with Crippen molar-refractivity contribution in [3.63, 3.8) is 0 Å². The normalized spacial score (nSPS) is 23.0. The molecule has 0 spiro atoms. The minimum Gasteiger partial charge on any atom is -0.200 e. The zero-order valence-corrected chi connectivity index (χ0v) is 20.7. The van der Waals surface area contributed by atoms with Crippen LogP contribution in [0.25, 0.3) is 0 Å². The molecule has 8 nitrogen and oxygen atoms in total. The Balaban J connectivity index is 1.51. The highest BCUT2D eigenvalue weighted by molar-refractivity contribution is 7.89. The predicted molar refractivity (Wildman–Crippen MR) is 132 cm³/mol. The molecule has 2 aromatic carbocycles. The fourth-order valence-corrected chi connectivity index (χ4v) is 5.91. The summed E-state index contributed by atoms with van der Waals surface area (Å²) in [5.41, 5.74) is 3.45. The first-order valence-corrected chi connectivity index (χ1v) is 14.1. The first-order valence-electron chi connectivity index (χ1n) is 11.1. The lowest BCUT2D eigenvalue weighted by Gasteiger charge is -2.35. The van der Waals surface area contributed by atoms with Crippen LogP contribution < -0.4 is 9.66 Å². The largest absolute Gasteiger partial charge is 0.276 e. The zero-order chi connectivity index (χ0) is 24.3. The van der Waals surface area contributed by atoms with Crippen molar-refractivity contribution in [2.45, 2.75) is 49.3 Å². The van der Waals surface area contributed by atoms with Crippen LogP contribution in [0.1, 0.15) is 36.8 Å². The highest BCUT2D eigenvalue weighted by Crippen LogP contribution is 2.35. The number of nitrogens with zero attached hydrogens (tertiary/aromatic N) is 2. The van der Waals surface area contributed by atoms with Crippen molar-refractivity contribution in [3.05, 3.63) is 71.8 Å². The minimum absolute atomic E-state index is 0.0397. The molecule has 1 saturated carbocycles.